The minimum Gasteiger partial charge on any atom is -0.443 e. The number of cyclic esters (lactones) is 1. The van der Waals surface area contributed by atoms with E-state index in [4.69, 9.17) is 4.74 Å². The average molecular weight is 416 g/mol. The topological polar surface area (TPSA) is 79.0 Å². The van der Waals surface area contributed by atoms with Crippen molar-refractivity contribution in [3.05, 3.63) is 24.0 Å². The van der Waals surface area contributed by atoms with Gasteiger partial charge in [0.25, 0.3) is 0 Å². The lowest BCUT2D eigenvalue weighted by molar-refractivity contribution is 0.143. The van der Waals surface area contributed by atoms with Crippen LogP contribution in [0.2, 0.25) is 0 Å². The van der Waals surface area contributed by atoms with Crippen LogP contribution >= 0.6 is 11.8 Å². The fourth-order valence-corrected chi connectivity index (χ4v) is 5.80. The van der Waals surface area contributed by atoms with Crippen molar-refractivity contribution in [2.75, 3.05) is 40.7 Å². The minimum atomic E-state index is -3.37. The summed E-state index contributed by atoms with van der Waals surface area (Å²) in [4.78, 5) is 15.6. The molecule has 0 radical (unpaired) electrons. The lowest BCUT2D eigenvalue weighted by Crippen LogP contribution is -2.43. The zero-order valence-corrected chi connectivity index (χ0v) is 16.6. The Morgan fingerprint density at radius 1 is 1.30 bits per heavy atom. The maximum atomic E-state index is 14.9. The van der Waals surface area contributed by atoms with Crippen LogP contribution in [0.15, 0.2) is 18.2 Å². The summed E-state index contributed by atoms with van der Waals surface area (Å²) in [5.41, 5.74) is 1.01. The predicted molar refractivity (Wildman–Crippen MR) is 103 cm³/mol. The molecular weight excluding hydrogens is 393 g/mol. The second kappa shape index (κ2) is 7.14. The van der Waals surface area contributed by atoms with Crippen molar-refractivity contribution >= 4 is 39.3 Å². The van der Waals surface area contributed by atoms with Crippen molar-refractivity contribution in [2.45, 2.75) is 31.0 Å². The summed E-state index contributed by atoms with van der Waals surface area (Å²) < 4.78 is 44.8. The van der Waals surface area contributed by atoms with Gasteiger partial charge in [0.05, 0.1) is 24.2 Å². The van der Waals surface area contributed by atoms with Gasteiger partial charge in [-0.2, -0.15) is 11.8 Å². The first-order valence-electron chi connectivity index (χ1n) is 8.90. The number of nitrogens with zero attached hydrogens (tertiary/aromatic N) is 2. The molecule has 0 aliphatic carbocycles. The normalized spacial score (nSPS) is 27.9. The number of rotatable bonds is 5. The van der Waals surface area contributed by atoms with Gasteiger partial charge in [-0.3, -0.25) is 4.90 Å². The third-order valence-corrected chi connectivity index (χ3v) is 7.14. The Balaban J connectivity index is 1.49. The number of carbonyl (C=O) groups is 1. The molecule has 7 nitrogen and oxygen atoms in total. The van der Waals surface area contributed by atoms with Crippen molar-refractivity contribution in [2.24, 2.45) is 0 Å². The Hall–Kier alpha value is -1.52. The molecule has 1 N–H and O–H groups in total. The highest BCUT2D eigenvalue weighted by molar-refractivity contribution is 7.99. The smallest absolute Gasteiger partial charge is 0.414 e. The molecule has 2 unspecified atom stereocenters. The second-order valence-corrected chi connectivity index (χ2v) is 10.1. The van der Waals surface area contributed by atoms with Crippen molar-refractivity contribution in [3.63, 3.8) is 0 Å². The zero-order chi connectivity index (χ0) is 19.2. The van der Waals surface area contributed by atoms with Crippen LogP contribution in [0.1, 0.15) is 12.8 Å². The molecule has 0 spiro atoms. The summed E-state index contributed by atoms with van der Waals surface area (Å²) in [6, 6.07) is 5.58. The lowest BCUT2D eigenvalue weighted by atomic mass is 10.2. The Labute approximate surface area is 162 Å². The summed E-state index contributed by atoms with van der Waals surface area (Å²) in [5, 5.41) is 0. The molecule has 148 valence electrons. The summed E-state index contributed by atoms with van der Waals surface area (Å²) >= 11 is 1.93. The van der Waals surface area contributed by atoms with Crippen LogP contribution in [0.25, 0.3) is 0 Å². The number of hydrogen-bond donors (Lipinski definition) is 1. The first kappa shape index (κ1) is 18.8. The van der Waals surface area contributed by atoms with E-state index in [1.54, 1.807) is 12.1 Å². The number of nitrogens with one attached hydrogen (secondary N) is 1. The molecule has 3 atom stereocenters. The third kappa shape index (κ3) is 3.88. The lowest BCUT2D eigenvalue weighted by Gasteiger charge is -2.36. The highest BCUT2D eigenvalue weighted by atomic mass is 32.2. The van der Waals surface area contributed by atoms with Crippen LogP contribution in [-0.4, -0.2) is 63.5 Å². The maximum Gasteiger partial charge on any atom is 0.414 e. The van der Waals surface area contributed by atoms with Crippen LogP contribution in [0.5, 0.6) is 0 Å². The maximum absolute atomic E-state index is 14.9. The Bertz CT molecular complexity index is 835. The summed E-state index contributed by atoms with van der Waals surface area (Å²) in [7, 11) is -3.37. The standard InChI is InChI=1S/C17H22FN3O4S2/c1-27(23,24)19-7-14-8-20(17(22)25-14)11-4-5-16(15(18)6-11)21-12-2-3-13(21)10-26-9-12/h4-6,12-14,19H,2-3,7-10H2,1H3/t12?,13?,14-/m0/s1. The van der Waals surface area contributed by atoms with E-state index < -0.39 is 22.2 Å². The fraction of sp³-hybridized carbons (Fsp3) is 0.588. The van der Waals surface area contributed by atoms with Crippen molar-refractivity contribution in [1.82, 2.24) is 4.72 Å². The number of ether oxygens (including phenoxy) is 1. The van der Waals surface area contributed by atoms with E-state index in [0.29, 0.717) is 23.5 Å². The second-order valence-electron chi connectivity index (χ2n) is 7.20. The van der Waals surface area contributed by atoms with E-state index in [-0.39, 0.29) is 18.9 Å². The summed E-state index contributed by atoms with van der Waals surface area (Å²) in [6.45, 7) is 0.169. The Morgan fingerprint density at radius 3 is 2.63 bits per heavy atom. The fourth-order valence-electron chi connectivity index (χ4n) is 3.98. The van der Waals surface area contributed by atoms with Gasteiger partial charge in [-0.25, -0.2) is 22.3 Å². The van der Waals surface area contributed by atoms with Crippen molar-refractivity contribution < 1.29 is 22.3 Å². The van der Waals surface area contributed by atoms with Crippen molar-refractivity contribution in [3.8, 4) is 0 Å². The summed E-state index contributed by atoms with van der Waals surface area (Å²) in [6.07, 6.45) is 2.02. The van der Waals surface area contributed by atoms with Gasteiger partial charge in [-0.05, 0) is 31.0 Å². The van der Waals surface area contributed by atoms with Crippen LogP contribution in [0, 0.1) is 5.82 Å². The molecule has 3 heterocycles. The molecule has 1 aromatic rings. The molecule has 2 bridgehead atoms. The molecule has 1 amide bonds. The number of hydrogen-bond acceptors (Lipinski definition) is 6. The SMILES string of the molecule is CS(=O)(=O)NC[C@H]1CN(c2ccc(N3C4CCC3CSC4)c(F)c2)C(=O)O1. The molecule has 3 aliphatic rings. The van der Waals surface area contributed by atoms with Crippen LogP contribution in [0.4, 0.5) is 20.6 Å². The molecule has 4 rings (SSSR count). The van der Waals surface area contributed by atoms with Gasteiger partial charge in [0.2, 0.25) is 10.0 Å². The van der Waals surface area contributed by atoms with Gasteiger partial charge >= 0.3 is 6.09 Å². The Morgan fingerprint density at radius 2 is 2.00 bits per heavy atom. The van der Waals surface area contributed by atoms with Crippen LogP contribution in [-0.2, 0) is 14.8 Å². The number of amides is 1. The highest BCUT2D eigenvalue weighted by Gasteiger charge is 2.39. The minimum absolute atomic E-state index is 0.00353. The van der Waals surface area contributed by atoms with Gasteiger partial charge in [0, 0.05) is 30.1 Å². The van der Waals surface area contributed by atoms with Crippen molar-refractivity contribution in [1.29, 1.82) is 0 Å². The predicted octanol–water partition coefficient (Wildman–Crippen LogP) is 1.78. The quantitative estimate of drug-likeness (QED) is 0.790. The number of thioether (sulfide) groups is 1. The van der Waals surface area contributed by atoms with E-state index in [1.165, 1.54) is 11.0 Å². The summed E-state index contributed by atoms with van der Waals surface area (Å²) in [5.74, 6) is 1.69. The van der Waals surface area contributed by atoms with E-state index in [1.807, 2.05) is 11.8 Å². The molecule has 1 aromatic carbocycles. The van der Waals surface area contributed by atoms with E-state index in [9.17, 15) is 17.6 Å². The molecule has 27 heavy (non-hydrogen) atoms. The average Bonchev–Trinajstić information content (AvgIpc) is 3.08. The molecule has 3 fully saturated rings. The molecule has 3 aliphatic heterocycles. The molecule has 3 saturated heterocycles. The Kier molecular flexibility index (Phi) is 4.98. The van der Waals surface area contributed by atoms with Gasteiger partial charge in [-0.1, -0.05) is 0 Å². The molecular formula is C17H22FN3O4S2. The van der Waals surface area contributed by atoms with Crippen LogP contribution in [0.3, 0.4) is 0 Å². The van der Waals surface area contributed by atoms with E-state index >= 15 is 0 Å². The number of carbonyl (C=O) groups excluding carboxylic acids is 1. The number of sulfonamides is 1. The monoisotopic (exact) mass is 415 g/mol. The van der Waals surface area contributed by atoms with Gasteiger partial charge in [-0.15, -0.1) is 0 Å². The van der Waals surface area contributed by atoms with Crippen LogP contribution < -0.4 is 14.5 Å². The van der Waals surface area contributed by atoms with Gasteiger partial charge < -0.3 is 9.64 Å². The number of halogens is 1. The van der Waals surface area contributed by atoms with Gasteiger partial charge in [0.15, 0.2) is 0 Å². The third-order valence-electron chi connectivity index (χ3n) is 5.21. The van der Waals surface area contributed by atoms with Gasteiger partial charge in [0.1, 0.15) is 11.9 Å². The number of anilines is 2. The number of fused-ring (bicyclic) bond motifs is 2. The highest BCUT2D eigenvalue weighted by Crippen LogP contribution is 2.40. The van der Waals surface area contributed by atoms with E-state index in [2.05, 4.69) is 9.62 Å². The zero-order valence-electron chi connectivity index (χ0n) is 14.9. The number of benzene rings is 1. The molecule has 0 saturated carbocycles. The first-order valence-corrected chi connectivity index (χ1v) is 11.9. The first-order chi connectivity index (χ1) is 12.8. The molecule has 10 heteroatoms. The van der Waals surface area contributed by atoms with E-state index in [0.717, 1.165) is 30.6 Å². The largest absolute Gasteiger partial charge is 0.443 e. The molecule has 0 aromatic heterocycles.